The Labute approximate surface area is 133 Å². The van der Waals surface area contributed by atoms with Gasteiger partial charge in [-0.05, 0) is 24.0 Å². The lowest BCUT2D eigenvalue weighted by Crippen LogP contribution is -2.37. The summed E-state index contributed by atoms with van der Waals surface area (Å²) in [6.45, 7) is 10.2. The minimum atomic E-state index is -3.57. The van der Waals surface area contributed by atoms with Crippen molar-refractivity contribution in [2.45, 2.75) is 40.5 Å². The van der Waals surface area contributed by atoms with E-state index >= 15 is 0 Å². The van der Waals surface area contributed by atoms with Gasteiger partial charge in [-0.3, -0.25) is 4.79 Å². The molecule has 0 saturated carbocycles. The molecule has 5 nitrogen and oxygen atoms in total. The predicted molar refractivity (Wildman–Crippen MR) is 90.6 cm³/mol. The van der Waals surface area contributed by atoms with Gasteiger partial charge in [0, 0.05) is 18.8 Å². The van der Waals surface area contributed by atoms with Crippen LogP contribution in [-0.4, -0.2) is 37.5 Å². The molecule has 0 saturated heterocycles. The lowest BCUT2D eigenvalue weighted by molar-refractivity contribution is -0.113. The summed E-state index contributed by atoms with van der Waals surface area (Å²) in [6.07, 6.45) is 0. The van der Waals surface area contributed by atoms with Crippen molar-refractivity contribution in [2.24, 2.45) is 0 Å². The van der Waals surface area contributed by atoms with Crippen LogP contribution >= 0.6 is 0 Å². The number of carbonyl (C=O) groups excluding carboxylic acids is 1. The van der Waals surface area contributed by atoms with Crippen LogP contribution in [0.4, 0.5) is 5.69 Å². The Bertz CT molecular complexity index is 620. The summed E-state index contributed by atoms with van der Waals surface area (Å²) in [5.41, 5.74) is 2.66. The van der Waals surface area contributed by atoms with E-state index in [1.165, 1.54) is 4.31 Å². The highest BCUT2D eigenvalue weighted by atomic mass is 32.2. The first-order chi connectivity index (χ1) is 10.2. The van der Waals surface area contributed by atoms with E-state index in [1.54, 1.807) is 13.8 Å². The quantitative estimate of drug-likeness (QED) is 0.838. The smallest absolute Gasteiger partial charge is 0.241 e. The maximum Gasteiger partial charge on any atom is 0.241 e. The van der Waals surface area contributed by atoms with Gasteiger partial charge in [0.05, 0.1) is 0 Å². The number of nitrogens with zero attached hydrogens (tertiary/aromatic N) is 1. The van der Waals surface area contributed by atoms with Gasteiger partial charge in [0.1, 0.15) is 5.75 Å². The first-order valence-corrected chi connectivity index (χ1v) is 9.21. The summed E-state index contributed by atoms with van der Waals surface area (Å²) >= 11 is 0. The molecule has 1 N–H and O–H groups in total. The number of anilines is 1. The Hall–Kier alpha value is -1.40. The number of amides is 1. The summed E-state index contributed by atoms with van der Waals surface area (Å²) in [6, 6.07) is 5.79. The summed E-state index contributed by atoms with van der Waals surface area (Å²) in [5, 5.41) is 2.77. The number of carbonyl (C=O) groups is 1. The number of benzene rings is 1. The molecule has 0 unspecified atom stereocenters. The molecule has 1 amide bonds. The van der Waals surface area contributed by atoms with Gasteiger partial charge in [-0.2, -0.15) is 0 Å². The van der Waals surface area contributed by atoms with E-state index in [4.69, 9.17) is 0 Å². The zero-order valence-electron chi connectivity index (χ0n) is 14.0. The molecule has 124 valence electrons. The van der Waals surface area contributed by atoms with Crippen LogP contribution in [0.3, 0.4) is 0 Å². The number of hydrogen-bond acceptors (Lipinski definition) is 3. The summed E-state index contributed by atoms with van der Waals surface area (Å²) in [5.74, 6) is -0.779. The number of sulfonamides is 1. The Morgan fingerprint density at radius 1 is 1.23 bits per heavy atom. The van der Waals surface area contributed by atoms with E-state index in [2.05, 4.69) is 5.32 Å². The van der Waals surface area contributed by atoms with Crippen LogP contribution in [0.5, 0.6) is 0 Å². The zero-order chi connectivity index (χ0) is 16.9. The number of aryl methyl sites for hydroxylation is 1. The van der Waals surface area contributed by atoms with Gasteiger partial charge in [-0.25, -0.2) is 12.7 Å². The van der Waals surface area contributed by atoms with Crippen LogP contribution in [0.1, 0.15) is 44.7 Å². The van der Waals surface area contributed by atoms with Crippen LogP contribution in [0, 0.1) is 6.92 Å². The molecule has 0 spiro atoms. The molecule has 1 aromatic carbocycles. The first-order valence-electron chi connectivity index (χ1n) is 7.60. The van der Waals surface area contributed by atoms with Crippen molar-refractivity contribution < 1.29 is 13.2 Å². The molecule has 22 heavy (non-hydrogen) atoms. The lowest BCUT2D eigenvalue weighted by atomic mass is 9.98. The van der Waals surface area contributed by atoms with E-state index in [1.807, 2.05) is 39.0 Å². The SMILES string of the molecule is CCN(CC)S(=O)(=O)CC(=O)Nc1c(C)cccc1C(C)C. The largest absolute Gasteiger partial charge is 0.325 e. The zero-order valence-corrected chi connectivity index (χ0v) is 14.8. The van der Waals surface area contributed by atoms with Gasteiger partial charge in [0.25, 0.3) is 0 Å². The number of nitrogens with one attached hydrogen (secondary N) is 1. The average Bonchev–Trinajstić information content (AvgIpc) is 2.41. The van der Waals surface area contributed by atoms with Gasteiger partial charge in [0.15, 0.2) is 0 Å². The Balaban J connectivity index is 2.95. The molecule has 0 aromatic heterocycles. The fourth-order valence-electron chi connectivity index (χ4n) is 2.39. The number of hydrogen-bond donors (Lipinski definition) is 1. The molecule has 0 fully saturated rings. The van der Waals surface area contributed by atoms with Crippen molar-refractivity contribution in [3.63, 3.8) is 0 Å². The Morgan fingerprint density at radius 2 is 1.82 bits per heavy atom. The second-order valence-corrected chi connectivity index (χ2v) is 7.55. The van der Waals surface area contributed by atoms with E-state index < -0.39 is 21.7 Å². The van der Waals surface area contributed by atoms with Crippen LogP contribution in [-0.2, 0) is 14.8 Å². The van der Waals surface area contributed by atoms with Crippen LogP contribution in [0.2, 0.25) is 0 Å². The minimum Gasteiger partial charge on any atom is -0.325 e. The molecule has 1 aromatic rings. The van der Waals surface area contributed by atoms with Crippen LogP contribution in [0.15, 0.2) is 18.2 Å². The number of para-hydroxylation sites is 1. The van der Waals surface area contributed by atoms with Crippen LogP contribution < -0.4 is 5.32 Å². The fourth-order valence-corrected chi connectivity index (χ4v) is 3.76. The maximum atomic E-state index is 12.2. The topological polar surface area (TPSA) is 66.5 Å². The van der Waals surface area contributed by atoms with Crippen molar-refractivity contribution in [1.29, 1.82) is 0 Å². The van der Waals surface area contributed by atoms with Crippen molar-refractivity contribution >= 4 is 21.6 Å². The molecule has 0 atom stereocenters. The summed E-state index contributed by atoms with van der Waals surface area (Å²) in [4.78, 5) is 12.2. The van der Waals surface area contributed by atoms with Gasteiger partial charge in [-0.1, -0.05) is 45.9 Å². The Morgan fingerprint density at radius 3 is 2.32 bits per heavy atom. The normalized spacial score (nSPS) is 12.0. The second kappa shape index (κ2) is 7.74. The van der Waals surface area contributed by atoms with Crippen LogP contribution in [0.25, 0.3) is 0 Å². The Kier molecular flexibility index (Phi) is 6.56. The highest BCUT2D eigenvalue weighted by Crippen LogP contribution is 2.27. The molecule has 0 aliphatic carbocycles. The molecule has 0 heterocycles. The lowest BCUT2D eigenvalue weighted by Gasteiger charge is -2.19. The third kappa shape index (κ3) is 4.55. The van der Waals surface area contributed by atoms with Gasteiger partial charge >= 0.3 is 0 Å². The molecular weight excluding hydrogens is 300 g/mol. The predicted octanol–water partition coefficient (Wildman–Crippen LogP) is 2.73. The van der Waals surface area contributed by atoms with Gasteiger partial charge in [-0.15, -0.1) is 0 Å². The van der Waals surface area contributed by atoms with Crippen molar-refractivity contribution in [3.8, 4) is 0 Å². The standard InChI is InChI=1S/C16H26N2O3S/c1-6-18(7-2)22(20,21)11-15(19)17-16-13(5)9-8-10-14(16)12(3)4/h8-10,12H,6-7,11H2,1-5H3,(H,17,19). The van der Waals surface area contributed by atoms with Gasteiger partial charge in [0.2, 0.25) is 15.9 Å². The third-order valence-electron chi connectivity index (χ3n) is 3.60. The van der Waals surface area contributed by atoms with E-state index in [9.17, 15) is 13.2 Å². The fraction of sp³-hybridized carbons (Fsp3) is 0.562. The van der Waals surface area contributed by atoms with E-state index in [0.29, 0.717) is 13.1 Å². The van der Waals surface area contributed by atoms with E-state index in [0.717, 1.165) is 16.8 Å². The monoisotopic (exact) mass is 326 g/mol. The van der Waals surface area contributed by atoms with Gasteiger partial charge < -0.3 is 5.32 Å². The molecule has 0 radical (unpaired) electrons. The first kappa shape index (κ1) is 18.6. The molecule has 0 aliphatic rings. The highest BCUT2D eigenvalue weighted by molar-refractivity contribution is 7.89. The van der Waals surface area contributed by atoms with E-state index in [-0.39, 0.29) is 5.92 Å². The maximum absolute atomic E-state index is 12.2. The van der Waals surface area contributed by atoms with Crippen molar-refractivity contribution in [1.82, 2.24) is 4.31 Å². The average molecular weight is 326 g/mol. The molecular formula is C16H26N2O3S. The molecule has 1 rings (SSSR count). The highest BCUT2D eigenvalue weighted by Gasteiger charge is 2.23. The molecule has 0 aliphatic heterocycles. The second-order valence-electron chi connectivity index (χ2n) is 5.58. The molecule has 0 bridgehead atoms. The van der Waals surface area contributed by atoms with Crippen molar-refractivity contribution in [2.75, 3.05) is 24.2 Å². The molecule has 6 heteroatoms. The minimum absolute atomic E-state index is 0.245. The third-order valence-corrected chi connectivity index (χ3v) is 5.53. The van der Waals surface area contributed by atoms with Crippen molar-refractivity contribution in [3.05, 3.63) is 29.3 Å². The summed E-state index contributed by atoms with van der Waals surface area (Å²) in [7, 11) is -3.57. The summed E-state index contributed by atoms with van der Waals surface area (Å²) < 4.78 is 25.6. The number of rotatable bonds is 7.